The number of nitrogens with zero attached hydrogens (tertiary/aromatic N) is 1. The van der Waals surface area contributed by atoms with Gasteiger partial charge in [0.2, 0.25) is 0 Å². The summed E-state index contributed by atoms with van der Waals surface area (Å²) in [4.78, 5) is 23.6. The van der Waals surface area contributed by atoms with Crippen molar-refractivity contribution >= 4 is 23.0 Å². The SMILES string of the molecule is CC(C)(C)OC(=O)n1cc(C[C@](C)(N)C(=O)O)c2ccccc21. The topological polar surface area (TPSA) is 94.5 Å². The highest BCUT2D eigenvalue weighted by Crippen LogP contribution is 2.25. The molecule has 6 nitrogen and oxygen atoms in total. The van der Waals surface area contributed by atoms with Gasteiger partial charge < -0.3 is 15.6 Å². The minimum atomic E-state index is -1.41. The molecule has 0 spiro atoms. The smallest absolute Gasteiger partial charge is 0.419 e. The maximum Gasteiger partial charge on any atom is 0.419 e. The molecule has 2 rings (SSSR count). The number of aromatic nitrogens is 1. The molecule has 0 aliphatic rings. The lowest BCUT2D eigenvalue weighted by Gasteiger charge is -2.20. The molecule has 6 heteroatoms. The van der Waals surface area contributed by atoms with Gasteiger partial charge in [0.25, 0.3) is 0 Å². The van der Waals surface area contributed by atoms with Gasteiger partial charge in [-0.15, -0.1) is 0 Å². The van der Waals surface area contributed by atoms with Crippen LogP contribution < -0.4 is 5.73 Å². The number of rotatable bonds is 3. The van der Waals surface area contributed by atoms with Crippen LogP contribution in [0, 0.1) is 0 Å². The number of hydrogen-bond acceptors (Lipinski definition) is 4. The highest BCUT2D eigenvalue weighted by atomic mass is 16.6. The average molecular weight is 318 g/mol. The van der Waals surface area contributed by atoms with Crippen LogP contribution in [0.5, 0.6) is 0 Å². The van der Waals surface area contributed by atoms with Crippen LogP contribution in [0.3, 0.4) is 0 Å². The van der Waals surface area contributed by atoms with E-state index in [0.29, 0.717) is 11.1 Å². The Morgan fingerprint density at radius 1 is 1.22 bits per heavy atom. The first-order chi connectivity index (χ1) is 10.5. The van der Waals surface area contributed by atoms with Crippen molar-refractivity contribution in [3.63, 3.8) is 0 Å². The highest BCUT2D eigenvalue weighted by molar-refractivity contribution is 5.92. The Hall–Kier alpha value is -2.34. The molecule has 3 N–H and O–H groups in total. The fourth-order valence-electron chi connectivity index (χ4n) is 2.32. The number of ether oxygens (including phenoxy) is 1. The van der Waals surface area contributed by atoms with Crippen LogP contribution in [0.25, 0.3) is 10.9 Å². The summed E-state index contributed by atoms with van der Waals surface area (Å²) in [6.07, 6.45) is 1.21. The van der Waals surface area contributed by atoms with Crippen LogP contribution >= 0.6 is 0 Å². The molecular formula is C17H22N2O4. The number of hydrogen-bond donors (Lipinski definition) is 2. The predicted octanol–water partition coefficient (Wildman–Crippen LogP) is 2.77. The second-order valence-corrected chi connectivity index (χ2v) is 6.92. The molecule has 0 saturated heterocycles. The van der Waals surface area contributed by atoms with Gasteiger partial charge in [-0.2, -0.15) is 0 Å². The first-order valence-electron chi connectivity index (χ1n) is 7.36. The molecule has 0 radical (unpaired) electrons. The van der Waals surface area contributed by atoms with E-state index >= 15 is 0 Å². The second kappa shape index (κ2) is 5.70. The average Bonchev–Trinajstić information content (AvgIpc) is 2.75. The van der Waals surface area contributed by atoms with Crippen molar-refractivity contribution in [3.05, 3.63) is 36.0 Å². The van der Waals surface area contributed by atoms with E-state index in [0.717, 1.165) is 5.39 Å². The molecule has 0 unspecified atom stereocenters. The maximum absolute atomic E-state index is 12.4. The standard InChI is InChI=1S/C17H22N2O4/c1-16(2,3)23-15(22)19-10-11(9-17(4,18)14(20)21)12-7-5-6-8-13(12)19/h5-8,10H,9,18H2,1-4H3,(H,20,21)/t17-/m0/s1. The monoisotopic (exact) mass is 318 g/mol. The van der Waals surface area contributed by atoms with Gasteiger partial charge in [0, 0.05) is 18.0 Å². The van der Waals surface area contributed by atoms with E-state index in [1.54, 1.807) is 33.0 Å². The number of aliphatic carboxylic acids is 1. The van der Waals surface area contributed by atoms with Crippen LogP contribution in [0.1, 0.15) is 33.3 Å². The summed E-state index contributed by atoms with van der Waals surface area (Å²) < 4.78 is 6.80. The number of fused-ring (bicyclic) bond motifs is 1. The molecule has 0 aliphatic carbocycles. The van der Waals surface area contributed by atoms with Gasteiger partial charge in [-0.05, 0) is 39.3 Å². The van der Waals surface area contributed by atoms with E-state index in [4.69, 9.17) is 10.5 Å². The molecule has 1 atom stereocenters. The van der Waals surface area contributed by atoms with Gasteiger partial charge in [0.1, 0.15) is 11.1 Å². The number of carbonyl (C=O) groups is 2. The molecule has 0 saturated carbocycles. The lowest BCUT2D eigenvalue weighted by molar-refractivity contribution is -0.142. The van der Waals surface area contributed by atoms with Crippen molar-refractivity contribution < 1.29 is 19.4 Å². The van der Waals surface area contributed by atoms with E-state index in [2.05, 4.69) is 0 Å². The van der Waals surface area contributed by atoms with Crippen LogP contribution in [0.2, 0.25) is 0 Å². The van der Waals surface area contributed by atoms with E-state index in [9.17, 15) is 14.7 Å². The Bertz CT molecular complexity index is 754. The van der Waals surface area contributed by atoms with E-state index in [-0.39, 0.29) is 6.42 Å². The van der Waals surface area contributed by atoms with Crippen LogP contribution in [-0.4, -0.2) is 32.9 Å². The second-order valence-electron chi connectivity index (χ2n) is 6.92. The molecule has 1 aromatic heterocycles. The Kier molecular flexibility index (Phi) is 4.22. The first kappa shape index (κ1) is 17.0. The zero-order valence-corrected chi connectivity index (χ0v) is 13.8. The molecule has 0 bridgehead atoms. The largest absolute Gasteiger partial charge is 0.480 e. The molecule has 1 heterocycles. The predicted molar refractivity (Wildman–Crippen MR) is 87.5 cm³/mol. The van der Waals surface area contributed by atoms with Crippen molar-refractivity contribution in [2.24, 2.45) is 5.73 Å². The van der Waals surface area contributed by atoms with Crippen molar-refractivity contribution in [2.75, 3.05) is 0 Å². The summed E-state index contributed by atoms with van der Waals surface area (Å²) >= 11 is 0. The molecule has 124 valence electrons. The van der Waals surface area contributed by atoms with Crippen LogP contribution in [-0.2, 0) is 16.0 Å². The highest BCUT2D eigenvalue weighted by Gasteiger charge is 2.30. The summed E-state index contributed by atoms with van der Waals surface area (Å²) in [5.74, 6) is -1.09. The third-order valence-corrected chi connectivity index (χ3v) is 3.43. The number of para-hydroxylation sites is 1. The Morgan fingerprint density at radius 2 is 1.83 bits per heavy atom. The fourth-order valence-corrected chi connectivity index (χ4v) is 2.32. The van der Waals surface area contributed by atoms with Gasteiger partial charge in [-0.25, -0.2) is 4.79 Å². The lowest BCUT2D eigenvalue weighted by Crippen LogP contribution is -2.46. The molecule has 0 fully saturated rings. The molecule has 23 heavy (non-hydrogen) atoms. The van der Waals surface area contributed by atoms with Gasteiger partial charge in [-0.3, -0.25) is 9.36 Å². The summed E-state index contributed by atoms with van der Waals surface area (Å²) in [6.45, 7) is 6.82. The van der Waals surface area contributed by atoms with E-state index in [1.807, 2.05) is 18.2 Å². The number of nitrogens with two attached hydrogens (primary N) is 1. The third-order valence-electron chi connectivity index (χ3n) is 3.43. The van der Waals surface area contributed by atoms with Gasteiger partial charge in [0.05, 0.1) is 5.52 Å². The Labute approximate surface area is 134 Å². The minimum absolute atomic E-state index is 0.110. The number of carboxylic acid groups (broad SMARTS) is 1. The molecular weight excluding hydrogens is 296 g/mol. The van der Waals surface area contributed by atoms with Crippen molar-refractivity contribution in [1.29, 1.82) is 0 Å². The fraction of sp³-hybridized carbons (Fsp3) is 0.412. The van der Waals surface area contributed by atoms with E-state index in [1.165, 1.54) is 11.5 Å². The number of benzene rings is 1. The summed E-state index contributed by atoms with van der Waals surface area (Å²) in [7, 11) is 0. The Morgan fingerprint density at radius 3 is 2.39 bits per heavy atom. The Balaban J connectivity index is 2.49. The number of carbonyl (C=O) groups excluding carboxylic acids is 1. The quantitative estimate of drug-likeness (QED) is 0.907. The summed E-state index contributed by atoms with van der Waals surface area (Å²) in [5.41, 5.74) is 5.17. The zero-order valence-electron chi connectivity index (χ0n) is 13.8. The molecule has 1 aromatic carbocycles. The molecule has 0 aliphatic heterocycles. The maximum atomic E-state index is 12.4. The number of carboxylic acids is 1. The van der Waals surface area contributed by atoms with Crippen LogP contribution in [0.15, 0.2) is 30.5 Å². The van der Waals surface area contributed by atoms with Crippen LogP contribution in [0.4, 0.5) is 4.79 Å². The van der Waals surface area contributed by atoms with Crippen molar-refractivity contribution in [2.45, 2.75) is 45.3 Å². The first-order valence-corrected chi connectivity index (χ1v) is 7.36. The summed E-state index contributed by atoms with van der Waals surface area (Å²) in [5, 5.41) is 10.0. The normalized spacial score (nSPS) is 14.5. The van der Waals surface area contributed by atoms with Crippen molar-refractivity contribution in [1.82, 2.24) is 4.57 Å². The van der Waals surface area contributed by atoms with E-state index < -0.39 is 23.2 Å². The lowest BCUT2D eigenvalue weighted by atomic mass is 9.94. The van der Waals surface area contributed by atoms with Crippen molar-refractivity contribution in [3.8, 4) is 0 Å². The molecule has 2 aromatic rings. The van der Waals surface area contributed by atoms with Gasteiger partial charge in [0.15, 0.2) is 0 Å². The third kappa shape index (κ3) is 3.71. The van der Waals surface area contributed by atoms with Gasteiger partial charge >= 0.3 is 12.1 Å². The van der Waals surface area contributed by atoms with Gasteiger partial charge in [-0.1, -0.05) is 18.2 Å². The molecule has 0 amide bonds. The minimum Gasteiger partial charge on any atom is -0.480 e. The summed E-state index contributed by atoms with van der Waals surface area (Å²) in [6, 6.07) is 7.27. The zero-order chi connectivity index (χ0) is 17.4.